The van der Waals surface area contributed by atoms with E-state index in [1.165, 1.54) is 18.5 Å². The van der Waals surface area contributed by atoms with E-state index in [-0.39, 0.29) is 24.4 Å². The summed E-state index contributed by atoms with van der Waals surface area (Å²) in [5, 5.41) is 2.57. The smallest absolute Gasteiger partial charge is 0.254 e. The predicted molar refractivity (Wildman–Crippen MR) is 112 cm³/mol. The topological polar surface area (TPSA) is 52.6 Å². The van der Waals surface area contributed by atoms with Gasteiger partial charge in [-0.05, 0) is 43.0 Å². The zero-order valence-electron chi connectivity index (χ0n) is 17.2. The summed E-state index contributed by atoms with van der Waals surface area (Å²) in [6.45, 7) is 2.85. The molecule has 0 aromatic heterocycles. The number of halogens is 2. The van der Waals surface area contributed by atoms with Crippen LogP contribution in [0.2, 0.25) is 0 Å². The highest BCUT2D eigenvalue weighted by Gasteiger charge is 2.18. The van der Waals surface area contributed by atoms with Crippen molar-refractivity contribution in [1.29, 1.82) is 0 Å². The zero-order valence-corrected chi connectivity index (χ0v) is 17.2. The van der Waals surface area contributed by atoms with Crippen LogP contribution in [0.1, 0.15) is 41.6 Å². The summed E-state index contributed by atoms with van der Waals surface area (Å²) >= 11 is 0. The van der Waals surface area contributed by atoms with Gasteiger partial charge in [-0.15, -0.1) is 0 Å². The lowest BCUT2D eigenvalue weighted by atomic mass is 10.1. The summed E-state index contributed by atoms with van der Waals surface area (Å²) in [5.74, 6) is -2.27. The Kier molecular flexibility index (Phi) is 7.38. The van der Waals surface area contributed by atoms with Crippen molar-refractivity contribution >= 4 is 17.5 Å². The van der Waals surface area contributed by atoms with Crippen LogP contribution in [0, 0.1) is 11.6 Å². The molecule has 1 fully saturated rings. The van der Waals surface area contributed by atoms with Crippen LogP contribution < -0.4 is 10.2 Å². The van der Waals surface area contributed by atoms with E-state index in [9.17, 15) is 18.4 Å². The molecule has 0 spiro atoms. The van der Waals surface area contributed by atoms with Crippen molar-refractivity contribution in [2.24, 2.45) is 0 Å². The molecule has 2 aromatic rings. The lowest BCUT2D eigenvalue weighted by Gasteiger charge is -2.24. The molecule has 1 N–H and O–H groups in total. The number of amides is 2. The number of carbonyl (C=O) groups is 2. The van der Waals surface area contributed by atoms with Gasteiger partial charge in [0.15, 0.2) is 0 Å². The third kappa shape index (κ3) is 5.55. The van der Waals surface area contributed by atoms with E-state index >= 15 is 0 Å². The van der Waals surface area contributed by atoms with Crippen molar-refractivity contribution in [3.63, 3.8) is 0 Å². The van der Waals surface area contributed by atoms with Crippen LogP contribution in [0.25, 0.3) is 0 Å². The number of anilines is 1. The number of benzene rings is 2. The van der Waals surface area contributed by atoms with E-state index in [0.717, 1.165) is 30.8 Å². The maximum Gasteiger partial charge on any atom is 0.254 e. The molecule has 1 aliphatic rings. The molecule has 0 radical (unpaired) electrons. The van der Waals surface area contributed by atoms with Gasteiger partial charge in [0.05, 0.1) is 5.56 Å². The summed E-state index contributed by atoms with van der Waals surface area (Å²) in [7, 11) is 1.77. The molecule has 160 valence electrons. The lowest BCUT2D eigenvalue weighted by molar-refractivity contribution is -0.130. The first-order valence-corrected chi connectivity index (χ1v) is 10.3. The second-order valence-corrected chi connectivity index (χ2v) is 7.56. The summed E-state index contributed by atoms with van der Waals surface area (Å²) < 4.78 is 26.6. The summed E-state index contributed by atoms with van der Waals surface area (Å²) in [6.07, 6.45) is 3.09. The second kappa shape index (κ2) is 10.2. The quantitative estimate of drug-likeness (QED) is 0.669. The number of nitrogens with one attached hydrogen (secondary N) is 1. The molecule has 1 aliphatic heterocycles. The van der Waals surface area contributed by atoms with Gasteiger partial charge in [0.25, 0.3) is 5.91 Å². The molecule has 30 heavy (non-hydrogen) atoms. The number of carbonyl (C=O) groups excluding carboxylic acids is 2. The molecule has 1 saturated heterocycles. The third-order valence-corrected chi connectivity index (χ3v) is 5.30. The van der Waals surface area contributed by atoms with Crippen molar-refractivity contribution in [3.05, 3.63) is 65.2 Å². The van der Waals surface area contributed by atoms with Crippen LogP contribution in [-0.2, 0) is 11.3 Å². The minimum absolute atomic E-state index is 0.0200. The zero-order chi connectivity index (χ0) is 21.5. The normalized spacial score (nSPS) is 13.4. The summed E-state index contributed by atoms with van der Waals surface area (Å²) in [6, 6.07) is 11.0. The highest BCUT2D eigenvalue weighted by molar-refractivity contribution is 5.94. The fraction of sp³-hybridized carbons (Fsp3) is 0.391. The minimum atomic E-state index is -0.903. The number of rotatable bonds is 8. The van der Waals surface area contributed by atoms with Crippen LogP contribution in [0.4, 0.5) is 14.5 Å². The van der Waals surface area contributed by atoms with Crippen molar-refractivity contribution in [3.8, 4) is 0 Å². The standard InChI is InChI=1S/C23H27F2N3O2/c1-27(16-17-7-2-3-8-21(17)28-13-4-5-14-28)22(29)9-6-12-26-23(30)19-11-10-18(24)15-20(19)25/h2-3,7-8,10-11,15H,4-6,9,12-14,16H2,1H3,(H,26,30). The summed E-state index contributed by atoms with van der Waals surface area (Å²) in [5.41, 5.74) is 2.09. The number of hydrogen-bond acceptors (Lipinski definition) is 3. The fourth-order valence-electron chi connectivity index (χ4n) is 3.66. The predicted octanol–water partition coefficient (Wildman–Crippen LogP) is 3.73. The van der Waals surface area contributed by atoms with Crippen molar-refractivity contribution in [2.75, 3.05) is 31.6 Å². The molecule has 0 unspecified atom stereocenters. The molecule has 5 nitrogen and oxygen atoms in total. The van der Waals surface area contributed by atoms with Gasteiger partial charge >= 0.3 is 0 Å². The number of nitrogens with zero attached hydrogens (tertiary/aromatic N) is 2. The fourth-order valence-corrected chi connectivity index (χ4v) is 3.66. The van der Waals surface area contributed by atoms with Gasteiger partial charge in [-0.2, -0.15) is 0 Å². The average molecular weight is 415 g/mol. The van der Waals surface area contributed by atoms with Gasteiger partial charge in [0.2, 0.25) is 5.91 Å². The molecule has 0 aliphatic carbocycles. The van der Waals surface area contributed by atoms with E-state index < -0.39 is 17.5 Å². The Morgan fingerprint density at radius 3 is 2.57 bits per heavy atom. The first-order valence-electron chi connectivity index (χ1n) is 10.3. The molecule has 0 bridgehead atoms. The van der Waals surface area contributed by atoms with E-state index in [1.807, 2.05) is 12.1 Å². The molecular formula is C23H27F2N3O2. The number of hydrogen-bond donors (Lipinski definition) is 1. The van der Waals surface area contributed by atoms with E-state index in [0.29, 0.717) is 19.0 Å². The van der Waals surface area contributed by atoms with Crippen molar-refractivity contribution in [2.45, 2.75) is 32.2 Å². The average Bonchev–Trinajstić information content (AvgIpc) is 3.26. The Morgan fingerprint density at radius 2 is 1.83 bits per heavy atom. The highest BCUT2D eigenvalue weighted by atomic mass is 19.1. The van der Waals surface area contributed by atoms with Crippen molar-refractivity contribution in [1.82, 2.24) is 10.2 Å². The first-order chi connectivity index (χ1) is 14.5. The Bertz CT molecular complexity index is 898. The van der Waals surface area contributed by atoms with Gasteiger partial charge in [-0.1, -0.05) is 18.2 Å². The Labute approximate surface area is 175 Å². The van der Waals surface area contributed by atoms with Crippen molar-refractivity contribution < 1.29 is 18.4 Å². The highest BCUT2D eigenvalue weighted by Crippen LogP contribution is 2.25. The molecule has 7 heteroatoms. The molecule has 0 atom stereocenters. The summed E-state index contributed by atoms with van der Waals surface area (Å²) in [4.78, 5) is 28.5. The van der Waals surface area contributed by atoms with Gasteiger partial charge in [-0.3, -0.25) is 9.59 Å². The Morgan fingerprint density at radius 1 is 1.10 bits per heavy atom. The first kappa shape index (κ1) is 21.7. The maximum absolute atomic E-state index is 13.6. The van der Waals surface area contributed by atoms with Crippen LogP contribution in [0.15, 0.2) is 42.5 Å². The van der Waals surface area contributed by atoms with E-state index in [1.54, 1.807) is 11.9 Å². The number of para-hydroxylation sites is 1. The lowest BCUT2D eigenvalue weighted by Crippen LogP contribution is -2.30. The van der Waals surface area contributed by atoms with Gasteiger partial charge < -0.3 is 15.1 Å². The Balaban J connectivity index is 1.46. The Hall–Kier alpha value is -2.96. The van der Waals surface area contributed by atoms with Gasteiger partial charge in [0, 0.05) is 51.4 Å². The molecule has 2 amide bonds. The largest absolute Gasteiger partial charge is 0.371 e. The molecular weight excluding hydrogens is 388 g/mol. The maximum atomic E-state index is 13.6. The van der Waals surface area contributed by atoms with Crippen LogP contribution >= 0.6 is 0 Å². The van der Waals surface area contributed by atoms with Gasteiger partial charge in [-0.25, -0.2) is 8.78 Å². The SMILES string of the molecule is CN(Cc1ccccc1N1CCCC1)C(=O)CCCNC(=O)c1ccc(F)cc1F. The molecule has 2 aromatic carbocycles. The van der Waals surface area contributed by atoms with E-state index in [2.05, 4.69) is 22.3 Å². The van der Waals surface area contributed by atoms with Crippen LogP contribution in [0.3, 0.4) is 0 Å². The minimum Gasteiger partial charge on any atom is -0.371 e. The molecule has 1 heterocycles. The second-order valence-electron chi connectivity index (χ2n) is 7.56. The van der Waals surface area contributed by atoms with Gasteiger partial charge in [0.1, 0.15) is 11.6 Å². The van der Waals surface area contributed by atoms with E-state index in [4.69, 9.17) is 0 Å². The van der Waals surface area contributed by atoms with Crippen LogP contribution in [0.5, 0.6) is 0 Å². The molecule has 0 saturated carbocycles. The third-order valence-electron chi connectivity index (χ3n) is 5.30. The monoisotopic (exact) mass is 415 g/mol. The molecule has 3 rings (SSSR count). The van der Waals surface area contributed by atoms with Crippen LogP contribution in [-0.4, -0.2) is 43.4 Å².